The number of hydrogen-bond acceptors (Lipinski definition) is 6. The Morgan fingerprint density at radius 2 is 1.27 bits per heavy atom. The average molecular weight is 546 g/mol. The van der Waals surface area contributed by atoms with Gasteiger partial charge in [-0.05, 0) is 13.8 Å². The molecule has 0 aliphatic carbocycles. The molecule has 0 aromatic carbocycles. The third kappa shape index (κ3) is 12.4. The van der Waals surface area contributed by atoms with E-state index in [-0.39, 0.29) is 6.54 Å². The Kier molecular flexibility index (Phi) is 12.7. The zero-order chi connectivity index (χ0) is 26.8. The fraction of sp³-hybridized carbons (Fsp3) is 0.500. The van der Waals surface area contributed by atoms with E-state index >= 15 is 0 Å². The van der Waals surface area contributed by atoms with Crippen molar-refractivity contribution in [2.24, 2.45) is 0 Å². The summed E-state index contributed by atoms with van der Waals surface area (Å²) in [6.07, 6.45) is 4.83. The molecule has 0 saturated heterocycles. The lowest BCUT2D eigenvalue weighted by atomic mass is 10.7. The molecule has 33 heavy (non-hydrogen) atoms. The molecule has 0 radical (unpaired) electrons. The zero-order valence-corrected chi connectivity index (χ0v) is 17.8. The number of alkyl halides is 6. The van der Waals surface area contributed by atoms with Gasteiger partial charge in [-0.25, -0.2) is 21.4 Å². The number of rotatable bonds is 2. The zero-order valence-electron chi connectivity index (χ0n) is 16.2. The summed E-state index contributed by atoms with van der Waals surface area (Å²) in [4.78, 5) is 4.52. The van der Waals surface area contributed by atoms with Crippen LogP contribution in [0.4, 0.5) is 39.5 Å². The van der Waals surface area contributed by atoms with Gasteiger partial charge in [0.15, 0.2) is 20.2 Å². The van der Waals surface area contributed by atoms with Crippen LogP contribution in [0.5, 0.6) is 0 Å². The molecule has 0 fully saturated rings. The summed E-state index contributed by atoms with van der Waals surface area (Å²) in [5, 5.41) is 0. The molecule has 10 nitrogen and oxygen atoms in total. The van der Waals surface area contributed by atoms with Crippen LogP contribution in [0, 0.1) is 18.0 Å². The minimum Gasteiger partial charge on any atom is -0.741 e. The van der Waals surface area contributed by atoms with Crippen LogP contribution in [0.15, 0.2) is 18.7 Å². The van der Waals surface area contributed by atoms with Gasteiger partial charge in [0, 0.05) is 0 Å². The summed E-state index contributed by atoms with van der Waals surface area (Å²) in [6.45, 7) is 4.73. The predicted molar refractivity (Wildman–Crippen MR) is 84.7 cm³/mol. The Hall–Kier alpha value is -2.39. The van der Waals surface area contributed by atoms with Crippen LogP contribution in [0.25, 0.3) is 0 Å². The first kappa shape index (κ1) is 32.8. The highest BCUT2D eigenvalue weighted by Gasteiger charge is 2.37. The normalized spacial score (nSPS) is 11.9. The van der Waals surface area contributed by atoms with Gasteiger partial charge >= 0.3 is 29.0 Å². The summed E-state index contributed by atoms with van der Waals surface area (Å²) >= 11 is 0. The van der Waals surface area contributed by atoms with Crippen LogP contribution in [-0.2, 0) is 33.3 Å². The topological polar surface area (TPSA) is 154 Å². The largest absolute Gasteiger partial charge is 0.741 e. The van der Waals surface area contributed by atoms with E-state index in [0.29, 0.717) is 4.57 Å². The third-order valence-corrected chi connectivity index (χ3v) is 3.85. The lowest BCUT2D eigenvalue weighted by Crippen LogP contribution is -2.38. The maximum Gasteiger partial charge on any atom is 0.485 e. The Morgan fingerprint density at radius 1 is 0.879 bits per heavy atom. The van der Waals surface area contributed by atoms with Gasteiger partial charge < -0.3 is 9.11 Å². The number of H-pyrrole nitrogens is 2. The smallest absolute Gasteiger partial charge is 0.485 e. The van der Waals surface area contributed by atoms with Gasteiger partial charge in [-0.2, -0.15) is 44.7 Å². The van der Waals surface area contributed by atoms with Crippen molar-refractivity contribution in [1.29, 1.82) is 0 Å². The van der Waals surface area contributed by atoms with Crippen LogP contribution < -0.4 is 9.13 Å². The van der Waals surface area contributed by atoms with Gasteiger partial charge in [-0.1, -0.05) is 0 Å². The lowest BCUT2D eigenvalue weighted by Gasteiger charge is -2.08. The van der Waals surface area contributed by atoms with Crippen molar-refractivity contribution in [2.45, 2.75) is 38.0 Å². The maximum atomic E-state index is 12.3. The molecule has 21 heteroatoms. The first-order valence-corrected chi connectivity index (χ1v) is 10.6. The number of halogens is 9. The SMILES string of the molecule is CC[n+]1c(F)[nH]c(F)c1F.CC[n+]1cc[nH]c1.O=S(=O)([O-])C(F)(F)F.O=S(=O)([O-])C(F)(F)F. The van der Waals surface area contributed by atoms with E-state index in [9.17, 15) is 39.5 Å². The number of imidazole rings is 2. The summed E-state index contributed by atoms with van der Waals surface area (Å²) < 4.78 is 157. The number of aryl methyl sites for hydroxylation is 1. The highest BCUT2D eigenvalue weighted by Crippen LogP contribution is 2.21. The summed E-state index contributed by atoms with van der Waals surface area (Å²) in [5.74, 6) is -2.46. The van der Waals surface area contributed by atoms with Crippen molar-refractivity contribution >= 4 is 20.2 Å². The van der Waals surface area contributed by atoms with Crippen molar-refractivity contribution in [3.63, 3.8) is 0 Å². The second kappa shape index (κ2) is 12.7. The second-order valence-electron chi connectivity index (χ2n) is 5.01. The van der Waals surface area contributed by atoms with Crippen molar-refractivity contribution in [2.75, 3.05) is 0 Å². The van der Waals surface area contributed by atoms with Crippen LogP contribution >= 0.6 is 0 Å². The number of hydrogen-bond donors (Lipinski definition) is 2. The van der Waals surface area contributed by atoms with Crippen molar-refractivity contribution in [3.8, 4) is 0 Å². The minimum atomic E-state index is -6.09. The fourth-order valence-electron chi connectivity index (χ4n) is 1.21. The second-order valence-corrected chi connectivity index (χ2v) is 7.75. The van der Waals surface area contributed by atoms with Crippen molar-refractivity contribution in [1.82, 2.24) is 9.97 Å². The summed E-state index contributed by atoms with van der Waals surface area (Å²) in [5.41, 5.74) is -11.3. The molecule has 2 aromatic heterocycles. The standard InChI is InChI=1S/C5H5F3N2.C5H8N2.2CHF3O3S/c1-2-10-4(7)3(6)9-5(10)8;1-2-7-4-3-6-5-7;2*2-1(3,4)8(5,6)7/h2H2,1H3;3-5H,2H2,1H3;2*(H,5,6,7). The molecule has 0 bridgehead atoms. The summed E-state index contributed by atoms with van der Waals surface area (Å²) in [7, 11) is -12.2. The Balaban J connectivity index is 0. The molecule has 194 valence electrons. The highest BCUT2D eigenvalue weighted by molar-refractivity contribution is 7.86. The van der Waals surface area contributed by atoms with Gasteiger partial charge in [0.1, 0.15) is 12.4 Å². The first-order chi connectivity index (χ1) is 14.6. The van der Waals surface area contributed by atoms with Crippen LogP contribution in [0.2, 0.25) is 0 Å². The Morgan fingerprint density at radius 3 is 1.39 bits per heavy atom. The molecular formula is C12H15F9N4O6S2. The maximum absolute atomic E-state index is 12.3. The van der Waals surface area contributed by atoms with Crippen LogP contribution in [-0.4, -0.2) is 46.9 Å². The average Bonchev–Trinajstić information content (AvgIpc) is 3.21. The van der Waals surface area contributed by atoms with Gasteiger partial charge in [-0.15, -0.1) is 4.39 Å². The molecule has 0 atom stereocenters. The van der Waals surface area contributed by atoms with E-state index in [4.69, 9.17) is 25.9 Å². The highest BCUT2D eigenvalue weighted by atomic mass is 32.2. The molecule has 0 saturated carbocycles. The number of nitrogens with zero attached hydrogens (tertiary/aromatic N) is 2. The molecule has 0 spiro atoms. The molecule has 0 aliphatic rings. The van der Waals surface area contributed by atoms with E-state index in [1.807, 2.05) is 18.7 Å². The number of nitrogens with one attached hydrogen (secondary N) is 2. The molecule has 2 heterocycles. The molecule has 0 unspecified atom stereocenters. The third-order valence-electron chi connectivity index (χ3n) is 2.72. The van der Waals surface area contributed by atoms with Crippen molar-refractivity contribution < 1.29 is 74.6 Å². The molecular weight excluding hydrogens is 531 g/mol. The molecule has 2 rings (SSSR count). The molecule has 0 amide bonds. The van der Waals surface area contributed by atoms with E-state index in [1.54, 1.807) is 4.98 Å². The van der Waals surface area contributed by atoms with Gasteiger partial charge in [-0.3, -0.25) is 4.98 Å². The Bertz CT molecular complexity index is 1010. The van der Waals surface area contributed by atoms with Crippen molar-refractivity contribution in [3.05, 3.63) is 36.7 Å². The first-order valence-electron chi connectivity index (χ1n) is 7.78. The van der Waals surface area contributed by atoms with Crippen LogP contribution in [0.3, 0.4) is 0 Å². The number of aromatic nitrogens is 4. The fourth-order valence-corrected chi connectivity index (χ4v) is 1.21. The minimum absolute atomic E-state index is 0.0675. The van der Waals surface area contributed by atoms with Crippen LogP contribution in [0.1, 0.15) is 13.8 Å². The predicted octanol–water partition coefficient (Wildman–Crippen LogP) is 1.16. The number of aromatic amines is 2. The molecule has 2 aromatic rings. The Labute approximate surface area is 180 Å². The molecule has 0 aliphatic heterocycles. The van der Waals surface area contributed by atoms with Gasteiger partial charge in [0.2, 0.25) is 6.33 Å². The van der Waals surface area contributed by atoms with Gasteiger partial charge in [0.05, 0.1) is 13.1 Å². The van der Waals surface area contributed by atoms with E-state index in [2.05, 4.69) is 16.5 Å². The summed E-state index contributed by atoms with van der Waals surface area (Å²) in [6, 6.07) is 0. The van der Waals surface area contributed by atoms with E-state index < -0.39 is 49.2 Å². The monoisotopic (exact) mass is 546 g/mol. The van der Waals surface area contributed by atoms with Gasteiger partial charge in [0.25, 0.3) is 0 Å². The quantitative estimate of drug-likeness (QED) is 0.250. The molecule has 2 N–H and O–H groups in total. The van der Waals surface area contributed by atoms with E-state index in [1.165, 1.54) is 6.92 Å². The lowest BCUT2D eigenvalue weighted by molar-refractivity contribution is -0.745. The van der Waals surface area contributed by atoms with E-state index in [0.717, 1.165) is 6.54 Å².